The number of anilines is 4. The van der Waals surface area contributed by atoms with Gasteiger partial charge in [0.1, 0.15) is 29.6 Å². The number of rotatable bonds is 4. The number of aryl methyl sites for hydroxylation is 4. The second-order valence-electron chi connectivity index (χ2n) is 13.6. The number of aromatic nitrogens is 9. The Morgan fingerprint density at radius 2 is 1.08 bits per heavy atom. The zero-order valence-corrected chi connectivity index (χ0v) is 29.2. The first-order chi connectivity index (χ1) is 23.8. The second-order valence-corrected chi connectivity index (χ2v) is 13.6. The fourth-order valence-electron chi connectivity index (χ4n) is 6.33. The van der Waals surface area contributed by atoms with E-state index in [-0.39, 0.29) is 11.8 Å². The number of carbonyl (C=O) groups excluding carboxylic acids is 2. The monoisotopic (exact) mass is 667 g/mol. The average Bonchev–Trinajstić information content (AvgIpc) is 3.81. The number of carbonyl (C=O) groups is 2. The molecule has 2 aliphatic rings. The lowest BCUT2D eigenvalue weighted by atomic mass is 9.85. The van der Waals surface area contributed by atoms with Crippen LogP contribution in [0.4, 0.5) is 23.1 Å². The van der Waals surface area contributed by atoms with Gasteiger partial charge in [-0.15, -0.1) is 5.10 Å². The third-order valence-corrected chi connectivity index (χ3v) is 9.25. The van der Waals surface area contributed by atoms with Gasteiger partial charge in [0.05, 0.1) is 28.4 Å². The van der Waals surface area contributed by atoms with Crippen molar-refractivity contribution in [1.29, 1.82) is 0 Å². The number of benzene rings is 2. The van der Waals surface area contributed by atoms with E-state index in [9.17, 15) is 9.59 Å². The molecule has 0 unspecified atom stereocenters. The minimum atomic E-state index is -0.628. The van der Waals surface area contributed by atoms with E-state index in [0.29, 0.717) is 11.8 Å². The van der Waals surface area contributed by atoms with Gasteiger partial charge in [-0.25, -0.2) is 29.8 Å². The largest absolute Gasteiger partial charge is 0.328 e. The summed E-state index contributed by atoms with van der Waals surface area (Å²) in [5.74, 6) is 3.30. The van der Waals surface area contributed by atoms with Crippen LogP contribution in [0.1, 0.15) is 56.3 Å². The van der Waals surface area contributed by atoms with Gasteiger partial charge in [0.15, 0.2) is 0 Å². The molecule has 0 fully saturated rings. The first-order valence-electron chi connectivity index (χ1n) is 16.2. The fraction of sp³-hybridized carbons (Fsp3) is 0.270. The van der Waals surface area contributed by atoms with E-state index in [1.165, 1.54) is 0 Å². The molecular weight excluding hydrogens is 630 g/mol. The highest BCUT2D eigenvalue weighted by Gasteiger charge is 2.46. The van der Waals surface area contributed by atoms with E-state index in [2.05, 4.69) is 40.0 Å². The molecule has 0 atom stereocenters. The van der Waals surface area contributed by atoms with Crippen molar-refractivity contribution in [3.05, 3.63) is 102 Å². The minimum Gasteiger partial charge on any atom is -0.328 e. The van der Waals surface area contributed by atoms with E-state index in [0.717, 1.165) is 62.2 Å². The fourth-order valence-corrected chi connectivity index (χ4v) is 6.33. The maximum Gasteiger partial charge on any atom is 0.256 e. The molecule has 0 spiro atoms. The normalized spacial score (nSPS) is 15.5. The number of nitrogens with one attached hydrogen (secondary N) is 1. The van der Waals surface area contributed by atoms with Crippen molar-refractivity contribution in [1.82, 2.24) is 44.7 Å². The van der Waals surface area contributed by atoms with E-state index < -0.39 is 10.8 Å². The van der Waals surface area contributed by atoms with Crippen molar-refractivity contribution >= 4 is 35.0 Å². The van der Waals surface area contributed by atoms with Gasteiger partial charge < -0.3 is 4.98 Å². The molecule has 2 aromatic carbocycles. The molecule has 4 aromatic heterocycles. The standard InChI is InChI=1S/C19H19N5O.C18H18N6O/c1-11-20-8-14(9-21-11)13-5-6-15-16(7-13)24(18(25)19(15,3)4)17-10-22-12(2)23-17;1-11-19-8-13(9-20-11)12-5-6-14-15(7-12)24(16(25)18(14,2)3)17-21-10-23(4)22-17/h5-10H,1-4H3,(H,22,23);5-10H,1-4H3. The lowest BCUT2D eigenvalue weighted by Gasteiger charge is -2.18. The summed E-state index contributed by atoms with van der Waals surface area (Å²) in [4.78, 5) is 58.0. The van der Waals surface area contributed by atoms with Gasteiger partial charge >= 0.3 is 0 Å². The predicted octanol–water partition coefficient (Wildman–Crippen LogP) is 5.98. The highest BCUT2D eigenvalue weighted by molar-refractivity contribution is 6.13. The van der Waals surface area contributed by atoms with Crippen LogP contribution in [0.25, 0.3) is 22.3 Å². The number of fused-ring (bicyclic) bond motifs is 2. The van der Waals surface area contributed by atoms with Gasteiger partial charge in [0.25, 0.3) is 5.95 Å². The summed E-state index contributed by atoms with van der Waals surface area (Å²) in [6.07, 6.45) is 10.5. The van der Waals surface area contributed by atoms with Crippen molar-refractivity contribution in [2.45, 2.75) is 59.3 Å². The molecule has 2 aliphatic heterocycles. The van der Waals surface area contributed by atoms with Crippen LogP contribution >= 0.6 is 0 Å². The van der Waals surface area contributed by atoms with Crippen LogP contribution in [0, 0.1) is 20.8 Å². The molecule has 50 heavy (non-hydrogen) atoms. The first kappa shape index (κ1) is 32.4. The average molecular weight is 668 g/mol. The smallest absolute Gasteiger partial charge is 0.256 e. The number of H-pyrrole nitrogens is 1. The Morgan fingerprint density at radius 3 is 1.52 bits per heavy atom. The maximum absolute atomic E-state index is 13.0. The third-order valence-electron chi connectivity index (χ3n) is 9.25. The molecule has 252 valence electrons. The summed E-state index contributed by atoms with van der Waals surface area (Å²) in [7, 11) is 1.78. The Hall–Kier alpha value is -6.11. The Morgan fingerprint density at radius 1 is 0.600 bits per heavy atom. The molecule has 2 amide bonds. The van der Waals surface area contributed by atoms with E-state index >= 15 is 0 Å². The minimum absolute atomic E-state index is 0.0310. The van der Waals surface area contributed by atoms with E-state index in [4.69, 9.17) is 0 Å². The highest BCUT2D eigenvalue weighted by atomic mass is 16.2. The molecule has 0 saturated carbocycles. The molecule has 6 heterocycles. The Labute approximate surface area is 289 Å². The Kier molecular flexibility index (Phi) is 7.65. The van der Waals surface area contributed by atoms with E-state index in [1.807, 2.05) is 84.9 Å². The number of hydrogen-bond acceptors (Lipinski definition) is 9. The number of amides is 2. The van der Waals surface area contributed by atoms with Crippen molar-refractivity contribution < 1.29 is 9.59 Å². The SMILES string of the molecule is Cc1ncc(-c2ccc3c(c2)N(c2cnc(C)[nH]2)C(=O)C3(C)C)cn1.Cc1ncc(-c2ccc3c(c2)N(c2ncn(C)n2)C(=O)C3(C)C)cn1. The van der Waals surface area contributed by atoms with Crippen LogP contribution in [0.2, 0.25) is 0 Å². The van der Waals surface area contributed by atoms with Gasteiger partial charge in [0.2, 0.25) is 11.8 Å². The molecule has 0 radical (unpaired) electrons. The molecular formula is C37H37N11O2. The Bertz CT molecular complexity index is 2110. The quantitative estimate of drug-likeness (QED) is 0.240. The zero-order valence-electron chi connectivity index (χ0n) is 29.2. The first-order valence-corrected chi connectivity index (χ1v) is 16.2. The number of hydrogen-bond donors (Lipinski definition) is 1. The topological polar surface area (TPSA) is 152 Å². The number of nitrogens with zero attached hydrogens (tertiary/aromatic N) is 10. The number of imidazole rings is 1. The molecule has 8 rings (SSSR count). The molecule has 0 saturated heterocycles. The lowest BCUT2D eigenvalue weighted by Crippen LogP contribution is -2.33. The second kappa shape index (κ2) is 11.8. The predicted molar refractivity (Wildman–Crippen MR) is 189 cm³/mol. The van der Waals surface area contributed by atoms with Crippen molar-refractivity contribution in [3.8, 4) is 22.3 Å². The molecule has 13 heteroatoms. The van der Waals surface area contributed by atoms with Crippen molar-refractivity contribution in [2.75, 3.05) is 9.80 Å². The van der Waals surface area contributed by atoms with Crippen LogP contribution < -0.4 is 9.80 Å². The summed E-state index contributed by atoms with van der Waals surface area (Å²) in [6, 6.07) is 12.0. The Balaban J connectivity index is 0.000000157. The van der Waals surface area contributed by atoms with Gasteiger partial charge in [0, 0.05) is 43.0 Å². The molecule has 6 aromatic rings. The van der Waals surface area contributed by atoms with Crippen LogP contribution in [-0.4, -0.2) is 56.5 Å². The van der Waals surface area contributed by atoms with Crippen molar-refractivity contribution in [2.24, 2.45) is 7.05 Å². The summed E-state index contributed by atoms with van der Waals surface area (Å²) in [5.41, 5.74) is 6.17. The zero-order chi connectivity index (χ0) is 35.5. The van der Waals surface area contributed by atoms with Gasteiger partial charge in [-0.2, -0.15) is 4.98 Å². The molecule has 0 bridgehead atoms. The lowest BCUT2D eigenvalue weighted by molar-refractivity contribution is -0.122. The highest BCUT2D eigenvalue weighted by Crippen LogP contribution is 2.47. The summed E-state index contributed by atoms with van der Waals surface area (Å²) >= 11 is 0. The van der Waals surface area contributed by atoms with Gasteiger partial charge in [-0.1, -0.05) is 24.3 Å². The summed E-state index contributed by atoms with van der Waals surface area (Å²) < 4.78 is 1.59. The third kappa shape index (κ3) is 5.40. The van der Waals surface area contributed by atoms with Crippen LogP contribution in [-0.2, 0) is 27.5 Å². The number of aromatic amines is 1. The maximum atomic E-state index is 13.0. The van der Waals surface area contributed by atoms with Gasteiger partial charge in [-0.3, -0.25) is 19.2 Å². The molecule has 13 nitrogen and oxygen atoms in total. The summed E-state index contributed by atoms with van der Waals surface area (Å²) in [5, 5.41) is 4.31. The van der Waals surface area contributed by atoms with Crippen molar-refractivity contribution in [3.63, 3.8) is 0 Å². The summed E-state index contributed by atoms with van der Waals surface area (Å²) in [6.45, 7) is 13.3. The molecule has 0 aliphatic carbocycles. The van der Waals surface area contributed by atoms with Crippen LogP contribution in [0.3, 0.4) is 0 Å². The van der Waals surface area contributed by atoms with Crippen LogP contribution in [0.15, 0.2) is 73.7 Å². The van der Waals surface area contributed by atoms with E-state index in [1.54, 1.807) is 58.8 Å². The molecule has 1 N–H and O–H groups in total. The van der Waals surface area contributed by atoms with Gasteiger partial charge in [-0.05, 0) is 82.9 Å². The van der Waals surface area contributed by atoms with Crippen LogP contribution in [0.5, 0.6) is 0 Å².